The van der Waals surface area contributed by atoms with Crippen molar-refractivity contribution in [1.82, 2.24) is 5.32 Å². The van der Waals surface area contributed by atoms with E-state index in [-0.39, 0.29) is 5.41 Å². The zero-order valence-corrected chi connectivity index (χ0v) is 11.1. The predicted molar refractivity (Wildman–Crippen MR) is 70.4 cm³/mol. The minimum Gasteiger partial charge on any atom is -0.465 e. The van der Waals surface area contributed by atoms with Crippen LogP contribution in [0, 0.1) is 5.41 Å². The van der Waals surface area contributed by atoms with Crippen molar-refractivity contribution in [3.8, 4) is 0 Å². The lowest BCUT2D eigenvalue weighted by Crippen LogP contribution is -2.37. The Morgan fingerprint density at radius 3 is 2.28 bits per heavy atom. The maximum Gasteiger partial charge on any atom is 0.405 e. The molecule has 0 unspecified atom stereocenters. The Bertz CT molecular complexity index is 384. The quantitative estimate of drug-likeness (QED) is 0.770. The molecule has 3 N–H and O–H groups in total. The zero-order valence-electron chi connectivity index (χ0n) is 11.1. The highest BCUT2D eigenvalue weighted by Crippen LogP contribution is 2.27. The SMILES string of the molecule is CC(C)(C)C[C@@H](O)[C@@H](NC(=O)O)c1ccccc1. The van der Waals surface area contributed by atoms with Gasteiger partial charge in [0.05, 0.1) is 12.1 Å². The van der Waals surface area contributed by atoms with E-state index in [9.17, 15) is 9.90 Å². The Balaban J connectivity index is 2.88. The molecule has 4 heteroatoms. The first-order chi connectivity index (χ1) is 8.29. The van der Waals surface area contributed by atoms with Crippen LogP contribution in [0.2, 0.25) is 0 Å². The molecule has 0 saturated carbocycles. The summed E-state index contributed by atoms with van der Waals surface area (Å²) >= 11 is 0. The van der Waals surface area contributed by atoms with Gasteiger partial charge in [0, 0.05) is 0 Å². The first-order valence-corrected chi connectivity index (χ1v) is 6.02. The predicted octanol–water partition coefficient (Wildman–Crippen LogP) is 2.79. The molecule has 0 aliphatic rings. The second-order valence-electron chi connectivity index (χ2n) is 5.67. The number of benzene rings is 1. The average Bonchev–Trinajstić information content (AvgIpc) is 2.24. The Labute approximate surface area is 108 Å². The van der Waals surface area contributed by atoms with Crippen molar-refractivity contribution in [2.75, 3.05) is 0 Å². The van der Waals surface area contributed by atoms with Gasteiger partial charge in [-0.05, 0) is 17.4 Å². The standard InChI is InChI=1S/C14H21NO3/c1-14(2,3)9-11(16)12(15-13(17)18)10-7-5-4-6-8-10/h4-8,11-12,15-16H,9H2,1-3H3,(H,17,18)/t11-,12+/m1/s1. The van der Waals surface area contributed by atoms with Gasteiger partial charge in [-0.1, -0.05) is 51.1 Å². The number of nitrogens with one attached hydrogen (secondary N) is 1. The second kappa shape index (κ2) is 5.87. The number of rotatable bonds is 4. The molecule has 4 nitrogen and oxygen atoms in total. The molecule has 0 aromatic heterocycles. The van der Waals surface area contributed by atoms with Crippen LogP contribution >= 0.6 is 0 Å². The Kier molecular flexibility index (Phi) is 4.73. The van der Waals surface area contributed by atoms with Gasteiger partial charge in [0.1, 0.15) is 0 Å². The highest BCUT2D eigenvalue weighted by molar-refractivity contribution is 5.65. The molecule has 0 fully saturated rings. The van der Waals surface area contributed by atoms with Gasteiger partial charge in [-0.15, -0.1) is 0 Å². The largest absolute Gasteiger partial charge is 0.465 e. The Hall–Kier alpha value is -1.55. The van der Waals surface area contributed by atoms with Crippen molar-refractivity contribution in [3.63, 3.8) is 0 Å². The normalized spacial score (nSPS) is 14.9. The molecule has 1 rings (SSSR count). The molecule has 100 valence electrons. The van der Waals surface area contributed by atoms with Gasteiger partial charge in [-0.25, -0.2) is 4.79 Å². The molecule has 18 heavy (non-hydrogen) atoms. The number of carboxylic acid groups (broad SMARTS) is 1. The number of amides is 1. The first kappa shape index (κ1) is 14.5. The number of hydrogen-bond acceptors (Lipinski definition) is 2. The molecular weight excluding hydrogens is 230 g/mol. The van der Waals surface area contributed by atoms with E-state index in [0.717, 1.165) is 5.56 Å². The number of aliphatic hydroxyl groups is 1. The van der Waals surface area contributed by atoms with Crippen molar-refractivity contribution < 1.29 is 15.0 Å². The van der Waals surface area contributed by atoms with Crippen molar-refractivity contribution in [3.05, 3.63) is 35.9 Å². The monoisotopic (exact) mass is 251 g/mol. The lowest BCUT2D eigenvalue weighted by Gasteiger charge is -2.28. The van der Waals surface area contributed by atoms with Crippen molar-refractivity contribution in [2.24, 2.45) is 5.41 Å². The maximum atomic E-state index is 10.8. The van der Waals surface area contributed by atoms with E-state index in [0.29, 0.717) is 6.42 Å². The van der Waals surface area contributed by atoms with E-state index >= 15 is 0 Å². The minimum absolute atomic E-state index is 0.0629. The average molecular weight is 251 g/mol. The van der Waals surface area contributed by atoms with E-state index < -0.39 is 18.2 Å². The fraction of sp³-hybridized carbons (Fsp3) is 0.500. The van der Waals surface area contributed by atoms with E-state index in [2.05, 4.69) is 5.32 Å². The fourth-order valence-corrected chi connectivity index (χ4v) is 1.94. The molecule has 0 saturated heterocycles. The second-order valence-corrected chi connectivity index (χ2v) is 5.67. The van der Waals surface area contributed by atoms with Gasteiger partial charge in [0.15, 0.2) is 0 Å². The Morgan fingerprint density at radius 1 is 1.28 bits per heavy atom. The molecule has 0 bridgehead atoms. The van der Waals surface area contributed by atoms with Crippen LogP contribution in [0.5, 0.6) is 0 Å². The molecule has 2 atom stereocenters. The van der Waals surface area contributed by atoms with E-state index in [1.165, 1.54) is 0 Å². The van der Waals surface area contributed by atoms with Crippen LogP contribution in [0.3, 0.4) is 0 Å². The highest BCUT2D eigenvalue weighted by atomic mass is 16.4. The van der Waals surface area contributed by atoms with Crippen LogP contribution in [0.1, 0.15) is 38.8 Å². The van der Waals surface area contributed by atoms with Crippen LogP contribution in [0.15, 0.2) is 30.3 Å². The van der Waals surface area contributed by atoms with E-state index in [1.807, 2.05) is 51.1 Å². The van der Waals surface area contributed by atoms with Gasteiger partial charge < -0.3 is 15.5 Å². The zero-order chi connectivity index (χ0) is 13.8. The highest BCUT2D eigenvalue weighted by Gasteiger charge is 2.27. The third-order valence-corrected chi connectivity index (χ3v) is 2.64. The summed E-state index contributed by atoms with van der Waals surface area (Å²) in [6.45, 7) is 6.04. The molecule has 0 aliphatic carbocycles. The molecule has 1 aromatic rings. The Morgan fingerprint density at radius 2 is 1.83 bits per heavy atom. The molecule has 1 aromatic carbocycles. The smallest absolute Gasteiger partial charge is 0.405 e. The maximum absolute atomic E-state index is 10.8. The van der Waals surface area contributed by atoms with Gasteiger partial charge >= 0.3 is 6.09 Å². The summed E-state index contributed by atoms with van der Waals surface area (Å²) in [4.78, 5) is 10.8. The summed E-state index contributed by atoms with van der Waals surface area (Å²) in [6, 6.07) is 8.55. The number of aliphatic hydroxyl groups excluding tert-OH is 1. The fourth-order valence-electron chi connectivity index (χ4n) is 1.94. The van der Waals surface area contributed by atoms with Gasteiger partial charge in [-0.2, -0.15) is 0 Å². The molecule has 0 radical (unpaired) electrons. The lowest BCUT2D eigenvalue weighted by atomic mass is 9.85. The van der Waals surface area contributed by atoms with Crippen LogP contribution in [-0.4, -0.2) is 22.4 Å². The minimum atomic E-state index is -1.13. The summed E-state index contributed by atoms with van der Waals surface area (Å²) < 4.78 is 0. The molecular formula is C14H21NO3. The molecule has 0 heterocycles. The van der Waals surface area contributed by atoms with Crippen LogP contribution in [0.25, 0.3) is 0 Å². The molecule has 0 aliphatic heterocycles. The van der Waals surface area contributed by atoms with E-state index in [4.69, 9.17) is 5.11 Å². The van der Waals surface area contributed by atoms with Crippen LogP contribution in [0.4, 0.5) is 4.79 Å². The van der Waals surface area contributed by atoms with Crippen molar-refractivity contribution >= 4 is 6.09 Å². The topological polar surface area (TPSA) is 69.6 Å². The third kappa shape index (κ3) is 4.75. The first-order valence-electron chi connectivity index (χ1n) is 6.02. The summed E-state index contributed by atoms with van der Waals surface area (Å²) in [5.41, 5.74) is 0.712. The molecule has 0 spiro atoms. The van der Waals surface area contributed by atoms with Crippen molar-refractivity contribution in [2.45, 2.75) is 39.3 Å². The summed E-state index contributed by atoms with van der Waals surface area (Å²) in [5, 5.41) is 21.5. The molecule has 1 amide bonds. The lowest BCUT2D eigenvalue weighted by molar-refractivity contribution is 0.0809. The number of hydrogen-bond donors (Lipinski definition) is 3. The van der Waals surface area contributed by atoms with Gasteiger partial charge in [0.25, 0.3) is 0 Å². The van der Waals surface area contributed by atoms with Crippen molar-refractivity contribution in [1.29, 1.82) is 0 Å². The van der Waals surface area contributed by atoms with Gasteiger partial charge in [0.2, 0.25) is 0 Å². The van der Waals surface area contributed by atoms with Gasteiger partial charge in [-0.3, -0.25) is 0 Å². The van der Waals surface area contributed by atoms with Crippen LogP contribution in [-0.2, 0) is 0 Å². The summed E-state index contributed by atoms with van der Waals surface area (Å²) in [6.07, 6.45) is -1.35. The third-order valence-electron chi connectivity index (χ3n) is 2.64. The number of carbonyl (C=O) groups is 1. The summed E-state index contributed by atoms with van der Waals surface area (Å²) in [5.74, 6) is 0. The summed E-state index contributed by atoms with van der Waals surface area (Å²) in [7, 11) is 0. The van der Waals surface area contributed by atoms with E-state index in [1.54, 1.807) is 0 Å². The van der Waals surface area contributed by atoms with Crippen LogP contribution < -0.4 is 5.32 Å².